The maximum atomic E-state index is 12.4. The predicted molar refractivity (Wildman–Crippen MR) is 86.6 cm³/mol. The van der Waals surface area contributed by atoms with Gasteiger partial charge in [0, 0.05) is 25.4 Å². The van der Waals surface area contributed by atoms with Crippen LogP contribution in [0.25, 0.3) is 0 Å². The van der Waals surface area contributed by atoms with E-state index in [2.05, 4.69) is 16.5 Å². The summed E-state index contributed by atoms with van der Waals surface area (Å²) in [4.78, 5) is 7.27. The molecule has 1 N–H and O–H groups in total. The molecule has 1 rings (SSSR count). The molecule has 0 bridgehead atoms. The number of aliphatic hydroxyl groups excluding tert-OH is 1. The first-order valence-corrected chi connectivity index (χ1v) is 7.65. The number of aromatic nitrogens is 2. The highest BCUT2D eigenvalue weighted by Gasteiger charge is 2.31. The molecule has 0 unspecified atom stereocenters. The third kappa shape index (κ3) is 6.93. The van der Waals surface area contributed by atoms with Crippen LogP contribution in [-0.2, 0) is 22.3 Å². The van der Waals surface area contributed by atoms with E-state index in [4.69, 9.17) is 9.47 Å². The first-order valence-electron chi connectivity index (χ1n) is 7.65. The van der Waals surface area contributed by atoms with E-state index in [1.54, 1.807) is 0 Å². The van der Waals surface area contributed by atoms with Gasteiger partial charge in [-0.25, -0.2) is 9.97 Å². The van der Waals surface area contributed by atoms with Crippen molar-refractivity contribution in [2.75, 3.05) is 13.7 Å². The Hall–Kier alpha value is -1.77. The van der Waals surface area contributed by atoms with Crippen LogP contribution in [0.2, 0.25) is 0 Å². The van der Waals surface area contributed by atoms with Crippen molar-refractivity contribution in [3.63, 3.8) is 0 Å². The molecule has 0 aliphatic rings. The van der Waals surface area contributed by atoms with E-state index < -0.39 is 23.9 Å². The number of nitrogens with zero attached hydrogens (tertiary/aromatic N) is 2. The number of alkyl halides is 3. The Labute approximate surface area is 145 Å². The highest BCUT2D eigenvalue weighted by Crippen LogP contribution is 2.27. The van der Waals surface area contributed by atoms with Crippen LogP contribution in [0.5, 0.6) is 0 Å². The van der Waals surface area contributed by atoms with Gasteiger partial charge in [-0.3, -0.25) is 0 Å². The van der Waals surface area contributed by atoms with Crippen molar-refractivity contribution in [3.8, 4) is 0 Å². The molecule has 140 valence electrons. The molecule has 3 atom stereocenters. The summed E-state index contributed by atoms with van der Waals surface area (Å²) in [5.41, 5.74) is -0.0394. The summed E-state index contributed by atoms with van der Waals surface area (Å²) in [6.07, 6.45) is -0.839. The zero-order chi connectivity index (χ0) is 19.0. The van der Waals surface area contributed by atoms with Gasteiger partial charge < -0.3 is 14.6 Å². The minimum Gasteiger partial charge on any atom is -0.389 e. The van der Waals surface area contributed by atoms with Gasteiger partial charge in [0.25, 0.3) is 0 Å². The Morgan fingerprint density at radius 3 is 2.44 bits per heavy atom. The molecular weight excluding hydrogens is 337 g/mol. The molecule has 0 aliphatic carbocycles. The van der Waals surface area contributed by atoms with Gasteiger partial charge in [-0.15, -0.1) is 6.58 Å². The lowest BCUT2D eigenvalue weighted by Crippen LogP contribution is -2.31. The van der Waals surface area contributed by atoms with Crippen molar-refractivity contribution in [3.05, 3.63) is 48.1 Å². The quantitative estimate of drug-likeness (QED) is 0.686. The largest absolute Gasteiger partial charge is 0.419 e. The molecule has 0 spiro atoms. The Morgan fingerprint density at radius 1 is 1.36 bits per heavy atom. The zero-order valence-corrected chi connectivity index (χ0v) is 14.5. The zero-order valence-electron chi connectivity index (χ0n) is 14.5. The van der Waals surface area contributed by atoms with Gasteiger partial charge in [0.05, 0.1) is 18.3 Å². The number of hydrogen-bond acceptors (Lipinski definition) is 5. The fourth-order valence-electron chi connectivity index (χ4n) is 2.15. The first-order chi connectivity index (χ1) is 11.7. The maximum absolute atomic E-state index is 12.4. The summed E-state index contributed by atoms with van der Waals surface area (Å²) in [7, 11) is 1.49. The fourth-order valence-corrected chi connectivity index (χ4v) is 2.15. The Bertz CT molecular complexity index is 573. The molecule has 0 amide bonds. The summed E-state index contributed by atoms with van der Waals surface area (Å²) in [6.45, 7) is 7.50. The molecular formula is C17H23F3N2O3. The van der Waals surface area contributed by atoms with Crippen molar-refractivity contribution in [2.24, 2.45) is 5.92 Å². The van der Waals surface area contributed by atoms with Gasteiger partial charge in [-0.05, 0) is 6.92 Å². The molecule has 1 aromatic heterocycles. The van der Waals surface area contributed by atoms with Crippen molar-refractivity contribution in [2.45, 2.75) is 38.8 Å². The maximum Gasteiger partial charge on any atom is 0.419 e. The molecule has 0 aromatic carbocycles. The summed E-state index contributed by atoms with van der Waals surface area (Å²) < 4.78 is 47.8. The van der Waals surface area contributed by atoms with E-state index in [0.717, 1.165) is 18.0 Å². The van der Waals surface area contributed by atoms with Gasteiger partial charge >= 0.3 is 6.18 Å². The average Bonchev–Trinajstić information content (AvgIpc) is 2.55. The van der Waals surface area contributed by atoms with Crippen LogP contribution in [-0.4, -0.2) is 41.0 Å². The number of aliphatic hydroxyl groups is 1. The molecule has 8 heteroatoms. The summed E-state index contributed by atoms with van der Waals surface area (Å²) in [6, 6.07) is 0. The minimum atomic E-state index is -4.46. The molecule has 0 saturated carbocycles. The minimum absolute atomic E-state index is 0.00634. The smallest absolute Gasteiger partial charge is 0.389 e. The van der Waals surface area contributed by atoms with E-state index in [9.17, 15) is 18.3 Å². The standard InChI is InChI=1S/C17H23F3N2O3/c1-5-14(24-4)16(23)12(3)6-11(2)9-25-10-15-21-7-13(8-22-15)17(18,19)20/h5-8,12,14,16,23H,1,9-10H2,2-4H3/b11-6-/t12-,14+,16+/m1/s1. The molecule has 0 saturated heterocycles. The second-order valence-corrected chi connectivity index (χ2v) is 5.68. The summed E-state index contributed by atoms with van der Waals surface area (Å²) in [5.74, 6) is -0.0196. The van der Waals surface area contributed by atoms with Gasteiger partial charge in [-0.2, -0.15) is 13.2 Å². The third-order valence-electron chi connectivity index (χ3n) is 3.52. The van der Waals surface area contributed by atoms with Crippen LogP contribution in [0.15, 0.2) is 36.7 Å². The summed E-state index contributed by atoms with van der Waals surface area (Å²) >= 11 is 0. The third-order valence-corrected chi connectivity index (χ3v) is 3.52. The van der Waals surface area contributed by atoms with E-state index >= 15 is 0 Å². The Kier molecular flexibility index (Phi) is 8.21. The molecule has 25 heavy (non-hydrogen) atoms. The molecule has 0 fully saturated rings. The van der Waals surface area contributed by atoms with Crippen molar-refractivity contribution in [1.82, 2.24) is 9.97 Å². The average molecular weight is 360 g/mol. The lowest BCUT2D eigenvalue weighted by atomic mass is 9.97. The van der Waals surface area contributed by atoms with Gasteiger partial charge in [-0.1, -0.05) is 24.6 Å². The van der Waals surface area contributed by atoms with E-state index in [0.29, 0.717) is 0 Å². The Morgan fingerprint density at radius 2 is 1.96 bits per heavy atom. The van der Waals surface area contributed by atoms with Crippen LogP contribution in [0.4, 0.5) is 13.2 Å². The monoisotopic (exact) mass is 360 g/mol. The Balaban J connectivity index is 2.50. The molecule has 0 radical (unpaired) electrons. The highest BCUT2D eigenvalue weighted by molar-refractivity contribution is 5.09. The summed E-state index contributed by atoms with van der Waals surface area (Å²) in [5, 5.41) is 10.1. The second kappa shape index (κ2) is 9.65. The van der Waals surface area contributed by atoms with Crippen molar-refractivity contribution >= 4 is 0 Å². The predicted octanol–water partition coefficient (Wildman–Crippen LogP) is 3.16. The molecule has 5 nitrogen and oxygen atoms in total. The molecule has 1 aromatic rings. The van der Waals surface area contributed by atoms with Crippen molar-refractivity contribution in [1.29, 1.82) is 0 Å². The normalized spacial score (nSPS) is 16.4. The topological polar surface area (TPSA) is 64.5 Å². The van der Waals surface area contributed by atoms with E-state index in [1.807, 2.05) is 19.9 Å². The number of rotatable bonds is 9. The number of methoxy groups -OCH3 is 1. The van der Waals surface area contributed by atoms with E-state index in [-0.39, 0.29) is 25.0 Å². The van der Waals surface area contributed by atoms with Gasteiger partial charge in [0.15, 0.2) is 5.82 Å². The van der Waals surface area contributed by atoms with Crippen LogP contribution in [0, 0.1) is 5.92 Å². The number of ether oxygens (including phenoxy) is 2. The number of halogens is 3. The van der Waals surface area contributed by atoms with Crippen LogP contribution in [0.1, 0.15) is 25.2 Å². The molecule has 1 heterocycles. The van der Waals surface area contributed by atoms with E-state index in [1.165, 1.54) is 13.2 Å². The fraction of sp³-hybridized carbons (Fsp3) is 0.529. The van der Waals surface area contributed by atoms with Gasteiger partial charge in [0.1, 0.15) is 12.7 Å². The second-order valence-electron chi connectivity index (χ2n) is 5.68. The lowest BCUT2D eigenvalue weighted by Gasteiger charge is -2.22. The van der Waals surface area contributed by atoms with Crippen LogP contribution >= 0.6 is 0 Å². The SMILES string of the molecule is C=C[C@H](OC)[C@@H](O)[C@H](C)/C=C(/C)COCc1ncc(C(F)(F)F)cn1. The van der Waals surface area contributed by atoms with Crippen LogP contribution in [0.3, 0.4) is 0 Å². The molecule has 0 aliphatic heterocycles. The lowest BCUT2D eigenvalue weighted by molar-refractivity contribution is -0.138. The highest BCUT2D eigenvalue weighted by atomic mass is 19.4. The van der Waals surface area contributed by atoms with Gasteiger partial charge in [0.2, 0.25) is 0 Å². The number of hydrogen-bond donors (Lipinski definition) is 1. The van der Waals surface area contributed by atoms with Crippen LogP contribution < -0.4 is 0 Å². The first kappa shape index (κ1) is 21.3. The van der Waals surface area contributed by atoms with Crippen molar-refractivity contribution < 1.29 is 27.8 Å².